The predicted octanol–water partition coefficient (Wildman–Crippen LogP) is 3.03. The van der Waals surface area contributed by atoms with Crippen molar-refractivity contribution in [1.29, 1.82) is 5.26 Å². The van der Waals surface area contributed by atoms with Crippen molar-refractivity contribution >= 4 is 17.4 Å². The molecular formula is C25H21N3O4. The Kier molecular flexibility index (Phi) is 4.34. The van der Waals surface area contributed by atoms with Crippen LogP contribution in [-0.4, -0.2) is 25.8 Å². The minimum atomic E-state index is -1.57. The maximum atomic E-state index is 13.7. The van der Waals surface area contributed by atoms with Gasteiger partial charge in [0.15, 0.2) is 5.78 Å². The first-order chi connectivity index (χ1) is 15.4. The van der Waals surface area contributed by atoms with E-state index in [9.17, 15) is 14.9 Å². The summed E-state index contributed by atoms with van der Waals surface area (Å²) in [5.41, 5.74) is 7.01. The maximum Gasteiger partial charge on any atom is 0.247 e. The third kappa shape index (κ3) is 2.47. The van der Waals surface area contributed by atoms with Crippen LogP contribution in [-0.2, 0) is 19.7 Å². The molecule has 2 aliphatic heterocycles. The van der Waals surface area contributed by atoms with Gasteiger partial charge in [0.1, 0.15) is 28.6 Å². The summed E-state index contributed by atoms with van der Waals surface area (Å²) in [6.07, 6.45) is 0.599. The second-order valence-corrected chi connectivity index (χ2v) is 8.18. The number of ketones is 1. The lowest BCUT2D eigenvalue weighted by atomic mass is 9.63. The topological polar surface area (TPSA) is 106 Å². The summed E-state index contributed by atoms with van der Waals surface area (Å²) in [5, 5.41) is 9.99. The molecule has 1 spiro atoms. The number of hydrogen-bond acceptors (Lipinski definition) is 6. The number of likely N-dealkylation sites (N-methyl/N-ethyl adjacent to an activating group) is 1. The second-order valence-electron chi connectivity index (χ2n) is 8.18. The Balaban J connectivity index is 1.69. The predicted molar refractivity (Wildman–Crippen MR) is 116 cm³/mol. The van der Waals surface area contributed by atoms with Gasteiger partial charge in [-0.05, 0) is 29.7 Å². The fourth-order valence-corrected chi connectivity index (χ4v) is 5.18. The van der Waals surface area contributed by atoms with Crippen molar-refractivity contribution in [3.8, 4) is 11.8 Å². The molecule has 0 radical (unpaired) electrons. The van der Waals surface area contributed by atoms with Crippen LogP contribution in [0.15, 0.2) is 71.3 Å². The number of para-hydroxylation sites is 1. The zero-order valence-electron chi connectivity index (χ0n) is 17.7. The van der Waals surface area contributed by atoms with Gasteiger partial charge >= 0.3 is 0 Å². The highest BCUT2D eigenvalue weighted by molar-refractivity contribution is 6.19. The molecule has 5 rings (SSSR count). The number of nitriles is 1. The van der Waals surface area contributed by atoms with Gasteiger partial charge in [-0.1, -0.05) is 30.3 Å². The van der Waals surface area contributed by atoms with Crippen LogP contribution < -0.4 is 15.4 Å². The normalized spacial score (nSPS) is 24.3. The molecule has 2 aromatic carbocycles. The first-order valence-electron chi connectivity index (χ1n) is 10.3. The van der Waals surface area contributed by atoms with Crippen LogP contribution in [0, 0.1) is 11.3 Å². The highest BCUT2D eigenvalue weighted by Crippen LogP contribution is 2.56. The summed E-state index contributed by atoms with van der Waals surface area (Å²) in [4.78, 5) is 28.8. The Labute approximate surface area is 185 Å². The van der Waals surface area contributed by atoms with E-state index in [-0.39, 0.29) is 41.1 Å². The van der Waals surface area contributed by atoms with Crippen molar-refractivity contribution in [2.45, 2.75) is 24.2 Å². The van der Waals surface area contributed by atoms with Crippen molar-refractivity contribution in [2.75, 3.05) is 19.1 Å². The number of benzene rings is 2. The van der Waals surface area contributed by atoms with E-state index in [1.165, 1.54) is 4.90 Å². The molecule has 7 heteroatoms. The summed E-state index contributed by atoms with van der Waals surface area (Å²) < 4.78 is 11.1. The number of carbonyl (C=O) groups excluding carboxylic acids is 2. The van der Waals surface area contributed by atoms with Crippen LogP contribution in [0.5, 0.6) is 5.75 Å². The van der Waals surface area contributed by atoms with E-state index >= 15 is 0 Å². The molecule has 160 valence electrons. The van der Waals surface area contributed by atoms with Crippen molar-refractivity contribution in [3.63, 3.8) is 0 Å². The number of ether oxygens (including phenoxy) is 2. The molecule has 1 amide bonds. The molecule has 0 aromatic heterocycles. The summed E-state index contributed by atoms with van der Waals surface area (Å²) in [5.74, 6) is 0.233. The van der Waals surface area contributed by atoms with Gasteiger partial charge in [0.05, 0.1) is 12.7 Å². The monoisotopic (exact) mass is 427 g/mol. The molecule has 0 saturated heterocycles. The van der Waals surface area contributed by atoms with Crippen molar-refractivity contribution < 1.29 is 19.1 Å². The van der Waals surface area contributed by atoms with Crippen LogP contribution in [0.4, 0.5) is 5.69 Å². The van der Waals surface area contributed by atoms with Gasteiger partial charge in [-0.15, -0.1) is 0 Å². The zero-order valence-corrected chi connectivity index (χ0v) is 17.7. The lowest BCUT2D eigenvalue weighted by Crippen LogP contribution is -2.48. The first kappa shape index (κ1) is 19.9. The fourth-order valence-electron chi connectivity index (χ4n) is 5.18. The number of allylic oxidation sites excluding steroid dienone is 1. The molecule has 2 atom stereocenters. The summed E-state index contributed by atoms with van der Waals surface area (Å²) in [6.45, 7) is 0. The summed E-state index contributed by atoms with van der Waals surface area (Å²) in [7, 11) is 3.24. The molecule has 1 aliphatic carbocycles. The van der Waals surface area contributed by atoms with Crippen LogP contribution in [0.2, 0.25) is 0 Å². The van der Waals surface area contributed by atoms with E-state index in [2.05, 4.69) is 6.07 Å². The van der Waals surface area contributed by atoms with Gasteiger partial charge in [-0.3, -0.25) is 9.59 Å². The molecule has 3 aliphatic rings. The van der Waals surface area contributed by atoms with Gasteiger partial charge in [-0.25, -0.2) is 0 Å². The second kappa shape index (κ2) is 6.99. The number of hydrogen-bond donors (Lipinski definition) is 1. The first-order valence-corrected chi connectivity index (χ1v) is 10.3. The highest BCUT2D eigenvalue weighted by Gasteiger charge is 2.61. The standard InChI is InChI=1S/C25H21N3O4/c1-28-19-6-4-3-5-17(19)25(24(28)30)18(13-26)23(27)32-21-12-15(11-20(29)22(21)25)14-7-9-16(31-2)10-8-14/h3-10,15H,11-12,27H2,1-2H3/t15-,25-/m0/s1. The van der Waals surface area contributed by atoms with E-state index in [1.54, 1.807) is 32.4 Å². The molecule has 0 bridgehead atoms. The minimum Gasteiger partial charge on any atom is -0.497 e. The summed E-state index contributed by atoms with van der Waals surface area (Å²) >= 11 is 0. The Morgan fingerprint density at radius 2 is 1.88 bits per heavy atom. The average Bonchev–Trinajstić information content (AvgIpc) is 3.02. The Morgan fingerprint density at radius 1 is 1.16 bits per heavy atom. The Bertz CT molecular complexity index is 1270. The van der Waals surface area contributed by atoms with E-state index in [4.69, 9.17) is 15.2 Å². The van der Waals surface area contributed by atoms with Crippen molar-refractivity contribution in [2.24, 2.45) is 5.73 Å². The molecule has 2 aromatic rings. The van der Waals surface area contributed by atoms with Gasteiger partial charge in [0.25, 0.3) is 0 Å². The molecule has 0 unspecified atom stereocenters. The number of amides is 1. The van der Waals surface area contributed by atoms with E-state index in [0.717, 1.165) is 11.3 Å². The number of fused-ring (bicyclic) bond motifs is 3. The van der Waals surface area contributed by atoms with Crippen molar-refractivity contribution in [3.05, 3.63) is 82.4 Å². The largest absolute Gasteiger partial charge is 0.497 e. The molecule has 0 saturated carbocycles. The Hall–Kier alpha value is -4.05. The average molecular weight is 427 g/mol. The van der Waals surface area contributed by atoms with Gasteiger partial charge in [-0.2, -0.15) is 5.26 Å². The number of nitrogens with two attached hydrogens (primary N) is 1. The molecule has 7 nitrogen and oxygen atoms in total. The Morgan fingerprint density at radius 3 is 2.56 bits per heavy atom. The zero-order chi connectivity index (χ0) is 22.6. The number of anilines is 1. The SMILES string of the molecule is COc1ccc([C@H]2CC(=O)C3=C(C2)OC(N)=C(C#N)[C@]32C(=O)N(C)c3ccccc32)cc1. The molecule has 2 heterocycles. The number of nitrogens with zero attached hydrogens (tertiary/aromatic N) is 2. The number of rotatable bonds is 2. The maximum absolute atomic E-state index is 13.7. The van der Waals surface area contributed by atoms with Crippen LogP contribution >= 0.6 is 0 Å². The van der Waals surface area contributed by atoms with Gasteiger partial charge < -0.3 is 20.1 Å². The van der Waals surface area contributed by atoms with Crippen LogP contribution in [0.1, 0.15) is 29.9 Å². The molecular weight excluding hydrogens is 406 g/mol. The quantitative estimate of drug-likeness (QED) is 0.790. The molecule has 32 heavy (non-hydrogen) atoms. The lowest BCUT2D eigenvalue weighted by molar-refractivity contribution is -0.124. The third-order valence-electron chi connectivity index (χ3n) is 6.64. The minimum absolute atomic E-state index is 0.0331. The van der Waals surface area contributed by atoms with Crippen molar-refractivity contribution in [1.82, 2.24) is 0 Å². The molecule has 0 fully saturated rings. The third-order valence-corrected chi connectivity index (χ3v) is 6.64. The van der Waals surface area contributed by atoms with E-state index in [1.807, 2.05) is 30.3 Å². The fraction of sp³-hybridized carbons (Fsp3) is 0.240. The van der Waals surface area contributed by atoms with Gasteiger partial charge in [0, 0.05) is 31.1 Å². The lowest BCUT2D eigenvalue weighted by Gasteiger charge is -2.39. The van der Waals surface area contributed by atoms with E-state index < -0.39 is 5.41 Å². The van der Waals surface area contributed by atoms with Crippen LogP contribution in [0.25, 0.3) is 0 Å². The smallest absolute Gasteiger partial charge is 0.247 e. The highest BCUT2D eigenvalue weighted by atomic mass is 16.5. The number of Topliss-reactive ketones (excluding diaryl/α,β-unsaturated/α-hetero) is 1. The number of methoxy groups -OCH3 is 1. The molecule has 2 N–H and O–H groups in total. The number of carbonyl (C=O) groups is 2. The van der Waals surface area contributed by atoms with Crippen LogP contribution in [0.3, 0.4) is 0 Å². The van der Waals surface area contributed by atoms with Gasteiger partial charge in [0.2, 0.25) is 11.8 Å². The van der Waals surface area contributed by atoms with E-state index in [0.29, 0.717) is 23.4 Å². The summed E-state index contributed by atoms with van der Waals surface area (Å²) in [6, 6.07) is 16.8.